The summed E-state index contributed by atoms with van der Waals surface area (Å²) in [6.07, 6.45) is 1.58. The number of hydrogen-bond donors (Lipinski definition) is 2. The van der Waals surface area contributed by atoms with E-state index in [1.54, 1.807) is 35.4 Å². The molecule has 1 saturated heterocycles. The Hall–Kier alpha value is -3.14. The Labute approximate surface area is 162 Å². The average molecular weight is 407 g/mol. The summed E-state index contributed by atoms with van der Waals surface area (Å²) in [5, 5.41) is 6.89. The van der Waals surface area contributed by atoms with Gasteiger partial charge in [0.2, 0.25) is 0 Å². The quantitative estimate of drug-likeness (QED) is 0.716. The van der Waals surface area contributed by atoms with Crippen LogP contribution in [-0.2, 0) is 14.6 Å². The maximum atomic E-state index is 12.7. The van der Waals surface area contributed by atoms with E-state index in [0.29, 0.717) is 28.3 Å². The summed E-state index contributed by atoms with van der Waals surface area (Å²) < 4.78 is 28.4. The molecule has 0 bridgehead atoms. The summed E-state index contributed by atoms with van der Waals surface area (Å²) in [5.41, 5.74) is 8.11. The first-order valence-electron chi connectivity index (χ1n) is 8.29. The van der Waals surface area contributed by atoms with Gasteiger partial charge in [0, 0.05) is 30.4 Å². The maximum absolute atomic E-state index is 12.7. The van der Waals surface area contributed by atoms with E-state index in [2.05, 4.69) is 4.98 Å². The number of hydrogen-bond acceptors (Lipinski definition) is 7. The fourth-order valence-corrected chi connectivity index (χ4v) is 3.98. The maximum Gasteiger partial charge on any atom is 0.290 e. The SMILES string of the molecule is COc1c(N)ccnc1-c1cccc(C(=O)N2CCS(=O)(=O)CC2)c1.O=CO. The first-order chi connectivity index (χ1) is 13.3. The summed E-state index contributed by atoms with van der Waals surface area (Å²) in [5.74, 6) is 0.266. The summed E-state index contributed by atoms with van der Waals surface area (Å²) in [6, 6.07) is 8.64. The number of ether oxygens (including phenoxy) is 1. The van der Waals surface area contributed by atoms with E-state index in [0.717, 1.165) is 0 Å². The van der Waals surface area contributed by atoms with Crippen LogP contribution in [-0.4, -0.2) is 67.5 Å². The van der Waals surface area contributed by atoms with Crippen molar-refractivity contribution in [2.75, 3.05) is 37.4 Å². The van der Waals surface area contributed by atoms with Gasteiger partial charge in [-0.1, -0.05) is 12.1 Å². The Morgan fingerprint density at radius 3 is 2.54 bits per heavy atom. The van der Waals surface area contributed by atoms with Gasteiger partial charge in [0.15, 0.2) is 15.6 Å². The van der Waals surface area contributed by atoms with Crippen molar-refractivity contribution in [2.45, 2.75) is 0 Å². The minimum Gasteiger partial charge on any atom is -0.492 e. The molecule has 150 valence electrons. The molecular weight excluding hydrogens is 386 g/mol. The van der Waals surface area contributed by atoms with E-state index >= 15 is 0 Å². The molecule has 1 aromatic carbocycles. The fourth-order valence-electron chi connectivity index (χ4n) is 2.78. The molecule has 1 aliphatic heterocycles. The number of nitrogens with zero attached hydrogens (tertiary/aromatic N) is 2. The molecule has 28 heavy (non-hydrogen) atoms. The van der Waals surface area contributed by atoms with Gasteiger partial charge >= 0.3 is 0 Å². The van der Waals surface area contributed by atoms with Crippen LogP contribution in [0.15, 0.2) is 36.5 Å². The highest BCUT2D eigenvalue weighted by atomic mass is 32.2. The van der Waals surface area contributed by atoms with Crippen molar-refractivity contribution in [2.24, 2.45) is 0 Å². The summed E-state index contributed by atoms with van der Waals surface area (Å²) in [7, 11) is -1.52. The Balaban J connectivity index is 0.000000878. The highest BCUT2D eigenvalue weighted by Gasteiger charge is 2.26. The lowest BCUT2D eigenvalue weighted by atomic mass is 10.1. The zero-order valence-electron chi connectivity index (χ0n) is 15.2. The highest BCUT2D eigenvalue weighted by Crippen LogP contribution is 2.33. The molecule has 1 fully saturated rings. The van der Waals surface area contributed by atoms with Crippen LogP contribution >= 0.6 is 0 Å². The number of aromatic nitrogens is 1. The number of anilines is 1. The number of carboxylic acid groups (broad SMARTS) is 1. The second-order valence-corrected chi connectivity index (χ2v) is 8.22. The van der Waals surface area contributed by atoms with Crippen LogP contribution in [0.5, 0.6) is 5.75 Å². The molecule has 3 N–H and O–H groups in total. The van der Waals surface area contributed by atoms with E-state index in [1.165, 1.54) is 7.11 Å². The van der Waals surface area contributed by atoms with Crippen molar-refractivity contribution in [1.82, 2.24) is 9.88 Å². The molecule has 1 aromatic heterocycles. The number of carbonyl (C=O) groups is 2. The average Bonchev–Trinajstić information content (AvgIpc) is 2.68. The van der Waals surface area contributed by atoms with Crippen LogP contribution in [0.2, 0.25) is 0 Å². The van der Waals surface area contributed by atoms with Crippen molar-refractivity contribution < 1.29 is 27.9 Å². The number of pyridine rings is 1. The highest BCUT2D eigenvalue weighted by molar-refractivity contribution is 7.91. The standard InChI is InChI=1S/C17H19N3O4S.CH2O2/c1-24-16-14(18)5-6-19-15(16)12-3-2-4-13(11-12)17(21)20-7-9-25(22,23)10-8-20;2-1-3/h2-6,11H,7-10H2,1H3,(H2,18,19);1H,(H,2,3). The molecule has 0 saturated carbocycles. The van der Waals surface area contributed by atoms with Gasteiger partial charge in [0.25, 0.3) is 12.4 Å². The largest absolute Gasteiger partial charge is 0.492 e. The van der Waals surface area contributed by atoms with Crippen molar-refractivity contribution in [3.05, 3.63) is 42.1 Å². The number of rotatable bonds is 3. The van der Waals surface area contributed by atoms with Crippen LogP contribution in [0, 0.1) is 0 Å². The lowest BCUT2D eigenvalue weighted by Gasteiger charge is -2.26. The van der Waals surface area contributed by atoms with Crippen molar-refractivity contribution in [1.29, 1.82) is 0 Å². The Morgan fingerprint density at radius 2 is 1.93 bits per heavy atom. The van der Waals surface area contributed by atoms with E-state index in [9.17, 15) is 13.2 Å². The minimum absolute atomic E-state index is 0.00300. The lowest BCUT2D eigenvalue weighted by Crippen LogP contribution is -2.43. The van der Waals surface area contributed by atoms with Gasteiger partial charge in [-0.25, -0.2) is 8.42 Å². The molecule has 0 unspecified atom stereocenters. The minimum atomic E-state index is -3.03. The fraction of sp³-hybridized carbons (Fsp3) is 0.278. The molecule has 0 spiro atoms. The van der Waals surface area contributed by atoms with E-state index in [-0.39, 0.29) is 37.0 Å². The molecule has 9 nitrogen and oxygen atoms in total. The molecule has 3 rings (SSSR count). The Morgan fingerprint density at radius 1 is 1.29 bits per heavy atom. The number of nitrogen functional groups attached to an aromatic ring is 1. The monoisotopic (exact) mass is 407 g/mol. The van der Waals surface area contributed by atoms with Gasteiger partial charge < -0.3 is 20.5 Å². The molecule has 0 atom stereocenters. The van der Waals surface area contributed by atoms with Crippen LogP contribution in [0.25, 0.3) is 11.3 Å². The molecule has 1 aliphatic rings. The molecule has 1 amide bonds. The first kappa shape index (κ1) is 21.2. The lowest BCUT2D eigenvalue weighted by molar-refractivity contribution is -0.122. The van der Waals surface area contributed by atoms with Crippen LogP contribution in [0.3, 0.4) is 0 Å². The predicted molar refractivity (Wildman–Crippen MR) is 104 cm³/mol. The normalized spacial score (nSPS) is 15.1. The molecular formula is C18H21N3O6S. The number of amides is 1. The van der Waals surface area contributed by atoms with E-state index in [4.69, 9.17) is 20.4 Å². The zero-order valence-corrected chi connectivity index (χ0v) is 16.1. The van der Waals surface area contributed by atoms with Crippen molar-refractivity contribution >= 4 is 27.9 Å². The van der Waals surface area contributed by atoms with Crippen LogP contribution in [0.4, 0.5) is 5.69 Å². The molecule has 0 radical (unpaired) electrons. The number of benzene rings is 1. The van der Waals surface area contributed by atoms with Gasteiger partial charge in [-0.2, -0.15) is 0 Å². The predicted octanol–water partition coefficient (Wildman–Crippen LogP) is 0.911. The smallest absolute Gasteiger partial charge is 0.290 e. The van der Waals surface area contributed by atoms with Gasteiger partial charge in [0.05, 0.1) is 24.3 Å². The second-order valence-electron chi connectivity index (χ2n) is 5.91. The van der Waals surface area contributed by atoms with Gasteiger partial charge in [-0.05, 0) is 18.2 Å². The molecule has 2 heterocycles. The molecule has 10 heteroatoms. The van der Waals surface area contributed by atoms with E-state index in [1.807, 2.05) is 6.07 Å². The van der Waals surface area contributed by atoms with Crippen LogP contribution in [0.1, 0.15) is 10.4 Å². The topological polar surface area (TPSA) is 140 Å². The Bertz CT molecular complexity index is 948. The van der Waals surface area contributed by atoms with E-state index < -0.39 is 9.84 Å². The summed E-state index contributed by atoms with van der Waals surface area (Å²) >= 11 is 0. The zero-order chi connectivity index (χ0) is 20.7. The van der Waals surface area contributed by atoms with Crippen molar-refractivity contribution in [3.63, 3.8) is 0 Å². The molecule has 0 aliphatic carbocycles. The van der Waals surface area contributed by atoms with Gasteiger partial charge in [0.1, 0.15) is 5.69 Å². The van der Waals surface area contributed by atoms with Crippen LogP contribution < -0.4 is 10.5 Å². The second kappa shape index (κ2) is 9.18. The van der Waals surface area contributed by atoms with Crippen molar-refractivity contribution in [3.8, 4) is 17.0 Å². The third-order valence-corrected chi connectivity index (χ3v) is 5.76. The van der Waals surface area contributed by atoms with Gasteiger partial charge in [-0.3, -0.25) is 14.6 Å². The Kier molecular flexibility index (Phi) is 6.94. The molecule has 2 aromatic rings. The number of sulfone groups is 1. The first-order valence-corrected chi connectivity index (χ1v) is 10.1. The number of nitrogens with two attached hydrogens (primary N) is 1. The summed E-state index contributed by atoms with van der Waals surface area (Å²) in [4.78, 5) is 26.9. The third-order valence-electron chi connectivity index (χ3n) is 4.15. The number of carbonyl (C=O) groups excluding carboxylic acids is 1. The number of methoxy groups -OCH3 is 1. The third kappa shape index (κ3) is 4.97. The summed E-state index contributed by atoms with van der Waals surface area (Å²) in [6.45, 7) is 0.177. The van der Waals surface area contributed by atoms with Gasteiger partial charge in [-0.15, -0.1) is 0 Å².